The third-order valence-corrected chi connectivity index (χ3v) is 6.34. The summed E-state index contributed by atoms with van der Waals surface area (Å²) in [5.74, 6) is -0.403. The van der Waals surface area contributed by atoms with Crippen LogP contribution in [0.15, 0.2) is 26.0 Å². The van der Waals surface area contributed by atoms with Gasteiger partial charge in [-0.25, -0.2) is 4.79 Å². The number of nitrogens with zero attached hydrogens (tertiary/aromatic N) is 1. The molecule has 0 saturated carbocycles. The molecule has 3 aromatic rings. The molecule has 1 amide bonds. The molecule has 1 aromatic carbocycles. The third-order valence-electron chi connectivity index (χ3n) is 6.34. The van der Waals surface area contributed by atoms with Crippen LogP contribution in [-0.2, 0) is 11.2 Å². The predicted molar refractivity (Wildman–Crippen MR) is 124 cm³/mol. The second kappa shape index (κ2) is 10.2. The lowest BCUT2D eigenvalue weighted by atomic mass is 9.98. The van der Waals surface area contributed by atoms with E-state index < -0.39 is 42.6 Å². The molecule has 0 fully saturated rings. The lowest BCUT2D eigenvalue weighted by molar-refractivity contribution is -0.137. The van der Waals surface area contributed by atoms with Crippen LogP contribution in [0.5, 0.6) is 0 Å². The quantitative estimate of drug-likeness (QED) is 0.272. The van der Waals surface area contributed by atoms with Gasteiger partial charge in [-0.2, -0.15) is 0 Å². The van der Waals surface area contributed by atoms with Crippen LogP contribution in [0.25, 0.3) is 21.9 Å². The van der Waals surface area contributed by atoms with Crippen molar-refractivity contribution in [3.05, 3.63) is 45.0 Å². The Morgan fingerprint density at radius 1 is 1.00 bits per heavy atom. The number of hydrogen-bond acceptors (Lipinski definition) is 9. The van der Waals surface area contributed by atoms with Gasteiger partial charge in [0.05, 0.1) is 12.9 Å². The third kappa shape index (κ3) is 4.86. The summed E-state index contributed by atoms with van der Waals surface area (Å²) in [6.45, 7) is 4.44. The van der Waals surface area contributed by atoms with Gasteiger partial charge in [-0.05, 0) is 44.4 Å². The van der Waals surface area contributed by atoms with Crippen molar-refractivity contribution in [2.75, 3.05) is 20.2 Å². The van der Waals surface area contributed by atoms with Crippen molar-refractivity contribution in [1.82, 2.24) is 4.90 Å². The molecule has 0 aliphatic rings. The molecule has 10 nitrogen and oxygen atoms in total. The molecule has 0 aliphatic heterocycles. The van der Waals surface area contributed by atoms with E-state index in [1.807, 2.05) is 19.9 Å². The minimum atomic E-state index is -1.78. The van der Waals surface area contributed by atoms with Crippen molar-refractivity contribution in [2.24, 2.45) is 0 Å². The van der Waals surface area contributed by atoms with E-state index in [2.05, 4.69) is 0 Å². The first kappa shape index (κ1) is 25.9. The Morgan fingerprint density at radius 3 is 2.29 bits per heavy atom. The fraction of sp³-hybridized carbons (Fsp3) is 0.500. The minimum absolute atomic E-state index is 0.0514. The molecule has 2 aromatic heterocycles. The monoisotopic (exact) mass is 477 g/mol. The first-order valence-corrected chi connectivity index (χ1v) is 11.0. The average molecular weight is 478 g/mol. The van der Waals surface area contributed by atoms with E-state index >= 15 is 0 Å². The Balaban J connectivity index is 1.75. The Labute approximate surface area is 195 Å². The standard InChI is InChI=1S/C24H31NO9/c1-11-10-33-22-13(3)23-16(7-15(11)22)12(2)14(24(32)34-23)5-6-19(29)25(4)8-17(27)20(30)21(31)18(28)9-26/h7,10,17-18,20-21,26-28,30-31H,5-6,8-9H2,1-4H3/t17-,18-,20-,21+/m0/s1. The normalized spacial score (nSPS) is 15.4. The molecule has 34 heavy (non-hydrogen) atoms. The SMILES string of the molecule is Cc1coc2c(C)c3oc(=O)c(CCC(=O)N(C)C[C@H](O)[C@H](O)[C@H](O)[C@@H](O)CO)c(C)c3cc12. The number of hydrogen-bond donors (Lipinski definition) is 5. The van der Waals surface area contributed by atoms with Gasteiger partial charge in [0.1, 0.15) is 35.6 Å². The highest BCUT2D eigenvalue weighted by molar-refractivity contribution is 5.99. The number of fused-ring (bicyclic) bond motifs is 2. The number of rotatable bonds is 9. The Kier molecular flexibility index (Phi) is 7.79. The van der Waals surface area contributed by atoms with Crippen LogP contribution in [0.2, 0.25) is 0 Å². The number of aliphatic hydroxyl groups excluding tert-OH is 5. The van der Waals surface area contributed by atoms with Crippen molar-refractivity contribution < 1.29 is 39.2 Å². The van der Waals surface area contributed by atoms with Gasteiger partial charge >= 0.3 is 5.63 Å². The molecule has 0 aliphatic carbocycles. The van der Waals surface area contributed by atoms with E-state index in [1.165, 1.54) is 7.05 Å². The zero-order valence-electron chi connectivity index (χ0n) is 19.6. The second-order valence-corrected chi connectivity index (χ2v) is 8.74. The summed E-state index contributed by atoms with van der Waals surface area (Å²) in [7, 11) is 1.41. The highest BCUT2D eigenvalue weighted by atomic mass is 16.4. The molecule has 3 rings (SSSR count). The lowest BCUT2D eigenvalue weighted by Crippen LogP contribution is -2.50. The second-order valence-electron chi connectivity index (χ2n) is 8.74. The molecular weight excluding hydrogens is 446 g/mol. The first-order valence-electron chi connectivity index (χ1n) is 11.0. The molecule has 0 saturated heterocycles. The van der Waals surface area contributed by atoms with Crippen molar-refractivity contribution in [3.8, 4) is 0 Å². The zero-order valence-corrected chi connectivity index (χ0v) is 19.6. The van der Waals surface area contributed by atoms with Gasteiger partial charge in [0.25, 0.3) is 0 Å². The summed E-state index contributed by atoms with van der Waals surface area (Å²) in [5.41, 5.74) is 3.33. The van der Waals surface area contributed by atoms with Crippen LogP contribution in [0.3, 0.4) is 0 Å². The first-order chi connectivity index (χ1) is 16.0. The van der Waals surface area contributed by atoms with Crippen molar-refractivity contribution >= 4 is 27.8 Å². The Bertz CT molecular complexity index is 1240. The fourth-order valence-electron chi connectivity index (χ4n) is 4.08. The smallest absolute Gasteiger partial charge is 0.339 e. The summed E-state index contributed by atoms with van der Waals surface area (Å²) in [6.07, 6.45) is -5.02. The van der Waals surface area contributed by atoms with Gasteiger partial charge in [0.2, 0.25) is 5.91 Å². The number of likely N-dealkylation sites (N-methyl/N-ethyl adjacent to an activating group) is 1. The van der Waals surface area contributed by atoms with Gasteiger partial charge < -0.3 is 39.3 Å². The van der Waals surface area contributed by atoms with E-state index in [-0.39, 0.29) is 19.4 Å². The number of aryl methyl sites for hydroxylation is 3. The van der Waals surface area contributed by atoms with E-state index in [1.54, 1.807) is 13.2 Å². The summed E-state index contributed by atoms with van der Waals surface area (Å²) >= 11 is 0. The summed E-state index contributed by atoms with van der Waals surface area (Å²) in [4.78, 5) is 26.5. The van der Waals surface area contributed by atoms with Crippen molar-refractivity contribution in [1.29, 1.82) is 0 Å². The van der Waals surface area contributed by atoms with E-state index in [0.717, 1.165) is 26.8 Å². The maximum absolute atomic E-state index is 12.7. The number of benzene rings is 1. The molecule has 0 spiro atoms. The molecule has 0 bridgehead atoms. The maximum Gasteiger partial charge on any atom is 0.339 e. The molecular formula is C24H31NO9. The number of furan rings is 1. The summed E-state index contributed by atoms with van der Waals surface area (Å²) in [5, 5.41) is 49.7. The molecule has 0 radical (unpaired) electrons. The average Bonchev–Trinajstić information content (AvgIpc) is 3.18. The molecule has 186 valence electrons. The summed E-state index contributed by atoms with van der Waals surface area (Å²) < 4.78 is 11.2. The predicted octanol–water partition coefficient (Wildman–Crippen LogP) is 0.291. The molecule has 4 atom stereocenters. The fourth-order valence-corrected chi connectivity index (χ4v) is 4.08. The van der Waals surface area contributed by atoms with Crippen LogP contribution in [0.4, 0.5) is 0 Å². The molecule has 0 unspecified atom stereocenters. The topological polar surface area (TPSA) is 165 Å². The van der Waals surface area contributed by atoms with Crippen LogP contribution >= 0.6 is 0 Å². The van der Waals surface area contributed by atoms with Gasteiger partial charge in [-0.1, -0.05) is 0 Å². The van der Waals surface area contributed by atoms with Crippen LogP contribution < -0.4 is 5.63 Å². The van der Waals surface area contributed by atoms with Gasteiger partial charge in [0, 0.05) is 41.9 Å². The molecule has 5 N–H and O–H groups in total. The largest absolute Gasteiger partial charge is 0.464 e. The number of amides is 1. The van der Waals surface area contributed by atoms with Crippen molar-refractivity contribution in [2.45, 2.75) is 58.0 Å². The highest BCUT2D eigenvalue weighted by Crippen LogP contribution is 2.32. The van der Waals surface area contributed by atoms with Gasteiger partial charge in [-0.15, -0.1) is 0 Å². The van der Waals surface area contributed by atoms with E-state index in [4.69, 9.17) is 13.9 Å². The van der Waals surface area contributed by atoms with Crippen LogP contribution in [0.1, 0.15) is 28.7 Å². The number of carbonyl (C=O) groups is 1. The van der Waals surface area contributed by atoms with E-state index in [0.29, 0.717) is 22.3 Å². The molecule has 2 heterocycles. The van der Waals surface area contributed by atoms with Crippen LogP contribution in [-0.4, -0.2) is 81.0 Å². The molecule has 10 heteroatoms. The lowest BCUT2D eigenvalue weighted by Gasteiger charge is -2.28. The number of aliphatic hydroxyl groups is 5. The van der Waals surface area contributed by atoms with E-state index in [9.17, 15) is 30.0 Å². The van der Waals surface area contributed by atoms with Gasteiger partial charge in [0.15, 0.2) is 0 Å². The van der Waals surface area contributed by atoms with Crippen molar-refractivity contribution in [3.63, 3.8) is 0 Å². The minimum Gasteiger partial charge on any atom is -0.464 e. The number of carbonyl (C=O) groups excluding carboxylic acids is 1. The summed E-state index contributed by atoms with van der Waals surface area (Å²) in [6, 6.07) is 1.91. The maximum atomic E-state index is 12.7. The highest BCUT2D eigenvalue weighted by Gasteiger charge is 2.31. The Hall–Kier alpha value is -2.76. The van der Waals surface area contributed by atoms with Crippen LogP contribution in [0, 0.1) is 20.8 Å². The zero-order chi connectivity index (χ0) is 25.3. The van der Waals surface area contributed by atoms with Gasteiger partial charge in [-0.3, -0.25) is 4.79 Å². The Morgan fingerprint density at radius 2 is 1.65 bits per heavy atom.